The average Bonchev–Trinajstić information content (AvgIpc) is 2.85. The highest BCUT2D eigenvalue weighted by Gasteiger charge is 2.14. The lowest BCUT2D eigenvalue weighted by atomic mass is 10.1. The van der Waals surface area contributed by atoms with Gasteiger partial charge in [-0.05, 0) is 86.5 Å². The zero-order valence-corrected chi connectivity index (χ0v) is 21.0. The third-order valence-corrected chi connectivity index (χ3v) is 6.40. The fraction of sp³-hybridized carbons (Fsp3) is 0.167. The van der Waals surface area contributed by atoms with E-state index in [1.54, 1.807) is 17.8 Å². The largest absolute Gasteiger partial charge is 0.493 e. The predicted octanol–water partition coefficient (Wildman–Crippen LogP) is 7.68. The van der Waals surface area contributed by atoms with Gasteiger partial charge in [0.05, 0.1) is 12.3 Å². The predicted molar refractivity (Wildman–Crippen MR) is 143 cm³/mol. The van der Waals surface area contributed by atoms with Crippen LogP contribution in [0, 0.1) is 13.8 Å². The van der Waals surface area contributed by atoms with Crippen LogP contribution in [0.3, 0.4) is 0 Å². The van der Waals surface area contributed by atoms with E-state index < -0.39 is 0 Å². The molecule has 4 aromatic carbocycles. The van der Waals surface area contributed by atoms with E-state index in [0.29, 0.717) is 24.5 Å². The molecule has 178 valence electrons. The second kappa shape index (κ2) is 11.6. The van der Waals surface area contributed by atoms with Gasteiger partial charge >= 0.3 is 0 Å². The quantitative estimate of drug-likeness (QED) is 0.265. The highest BCUT2D eigenvalue weighted by atomic mass is 32.2. The van der Waals surface area contributed by atoms with Gasteiger partial charge in [0.2, 0.25) is 0 Å². The molecule has 0 aromatic heterocycles. The zero-order chi connectivity index (χ0) is 24.6. The van der Waals surface area contributed by atoms with Gasteiger partial charge in [-0.1, -0.05) is 48.2 Å². The first-order valence-electron chi connectivity index (χ1n) is 11.6. The molecule has 0 saturated carbocycles. The van der Waals surface area contributed by atoms with Crippen molar-refractivity contribution >= 4 is 23.4 Å². The Labute approximate surface area is 211 Å². The number of aryl methyl sites for hydroxylation is 2. The molecule has 0 spiro atoms. The van der Waals surface area contributed by atoms with E-state index in [1.807, 2.05) is 87.5 Å². The number of ether oxygens (including phenoxy) is 2. The molecule has 0 saturated heterocycles. The molecule has 0 aliphatic heterocycles. The van der Waals surface area contributed by atoms with Gasteiger partial charge < -0.3 is 14.8 Å². The molecule has 5 heteroatoms. The van der Waals surface area contributed by atoms with Crippen LogP contribution < -0.4 is 14.8 Å². The molecule has 1 N–H and O–H groups in total. The van der Waals surface area contributed by atoms with Crippen LogP contribution in [-0.4, -0.2) is 12.5 Å². The molecule has 0 unspecified atom stereocenters. The summed E-state index contributed by atoms with van der Waals surface area (Å²) in [4.78, 5) is 15.3. The first-order chi connectivity index (χ1) is 17.0. The number of nitrogens with one attached hydrogen (secondary N) is 1. The first-order valence-corrected chi connectivity index (χ1v) is 12.4. The summed E-state index contributed by atoms with van der Waals surface area (Å²) in [6.07, 6.45) is 0. The molecular formula is C30H29NO3S. The van der Waals surface area contributed by atoms with E-state index >= 15 is 0 Å². The highest BCUT2D eigenvalue weighted by molar-refractivity contribution is 7.99. The molecule has 35 heavy (non-hydrogen) atoms. The topological polar surface area (TPSA) is 47.6 Å². The average molecular weight is 484 g/mol. The molecule has 0 radical (unpaired) electrons. The number of amides is 1. The van der Waals surface area contributed by atoms with Gasteiger partial charge in [-0.3, -0.25) is 4.79 Å². The van der Waals surface area contributed by atoms with Crippen molar-refractivity contribution in [3.8, 4) is 11.5 Å². The Morgan fingerprint density at radius 3 is 2.29 bits per heavy atom. The van der Waals surface area contributed by atoms with E-state index in [1.165, 1.54) is 0 Å². The van der Waals surface area contributed by atoms with Crippen LogP contribution in [0.15, 0.2) is 101 Å². The Hall–Kier alpha value is -3.70. The smallest absolute Gasteiger partial charge is 0.255 e. The van der Waals surface area contributed by atoms with Crippen LogP contribution in [0.4, 0.5) is 5.69 Å². The van der Waals surface area contributed by atoms with Gasteiger partial charge in [0, 0.05) is 20.9 Å². The minimum atomic E-state index is -0.179. The SMILES string of the molecule is CCOc1ccc(C(=O)Nc2ccccc2Sc2ccccc2)cc1COc1cc(C)cc(C)c1. The zero-order valence-electron chi connectivity index (χ0n) is 20.2. The Balaban J connectivity index is 1.53. The lowest BCUT2D eigenvalue weighted by molar-refractivity contribution is 0.102. The third-order valence-electron chi connectivity index (χ3n) is 5.32. The van der Waals surface area contributed by atoms with Gasteiger partial charge in [0.1, 0.15) is 18.1 Å². The lowest BCUT2D eigenvalue weighted by Crippen LogP contribution is -2.13. The van der Waals surface area contributed by atoms with E-state index in [-0.39, 0.29) is 5.91 Å². The van der Waals surface area contributed by atoms with Gasteiger partial charge in [0.25, 0.3) is 5.91 Å². The van der Waals surface area contributed by atoms with Crippen molar-refractivity contribution in [1.29, 1.82) is 0 Å². The van der Waals surface area contributed by atoms with Gasteiger partial charge in [-0.15, -0.1) is 0 Å². The summed E-state index contributed by atoms with van der Waals surface area (Å²) >= 11 is 1.62. The Morgan fingerprint density at radius 1 is 0.829 bits per heavy atom. The molecule has 4 aromatic rings. The van der Waals surface area contributed by atoms with Crippen molar-refractivity contribution in [2.45, 2.75) is 37.2 Å². The molecule has 1 amide bonds. The summed E-state index contributed by atoms with van der Waals surface area (Å²) in [5, 5.41) is 3.07. The summed E-state index contributed by atoms with van der Waals surface area (Å²) in [7, 11) is 0. The number of hydrogen-bond donors (Lipinski definition) is 1. The highest BCUT2D eigenvalue weighted by Crippen LogP contribution is 2.33. The molecule has 0 aliphatic carbocycles. The minimum absolute atomic E-state index is 0.179. The third kappa shape index (κ3) is 6.67. The van der Waals surface area contributed by atoms with Crippen LogP contribution in [0.1, 0.15) is 34.0 Å². The maximum absolute atomic E-state index is 13.2. The van der Waals surface area contributed by atoms with Gasteiger partial charge in [-0.25, -0.2) is 0 Å². The summed E-state index contributed by atoms with van der Waals surface area (Å²) in [5.74, 6) is 1.34. The van der Waals surface area contributed by atoms with Crippen LogP contribution in [0.25, 0.3) is 0 Å². The van der Waals surface area contributed by atoms with Crippen LogP contribution in [0.5, 0.6) is 11.5 Å². The molecule has 0 atom stereocenters. The Kier molecular flexibility index (Phi) is 8.11. The van der Waals surface area contributed by atoms with Crippen molar-refractivity contribution in [2.75, 3.05) is 11.9 Å². The molecular weight excluding hydrogens is 454 g/mol. The van der Waals surface area contributed by atoms with Crippen molar-refractivity contribution in [3.05, 3.63) is 113 Å². The van der Waals surface area contributed by atoms with Gasteiger partial charge in [0.15, 0.2) is 0 Å². The number of carbonyl (C=O) groups is 1. The maximum atomic E-state index is 13.2. The summed E-state index contributed by atoms with van der Waals surface area (Å²) in [6, 6.07) is 29.5. The number of para-hydroxylation sites is 1. The monoisotopic (exact) mass is 483 g/mol. The van der Waals surface area contributed by atoms with E-state index in [2.05, 4.69) is 23.5 Å². The van der Waals surface area contributed by atoms with Gasteiger partial charge in [-0.2, -0.15) is 0 Å². The molecule has 4 rings (SSSR count). The molecule has 0 aliphatic rings. The Morgan fingerprint density at radius 2 is 1.54 bits per heavy atom. The number of hydrogen-bond acceptors (Lipinski definition) is 4. The normalized spacial score (nSPS) is 10.6. The van der Waals surface area contributed by atoms with E-state index in [4.69, 9.17) is 9.47 Å². The second-order valence-electron chi connectivity index (χ2n) is 8.23. The minimum Gasteiger partial charge on any atom is -0.493 e. The first kappa shape index (κ1) is 24.4. The summed E-state index contributed by atoms with van der Waals surface area (Å²) in [6.45, 7) is 6.87. The lowest BCUT2D eigenvalue weighted by Gasteiger charge is -2.15. The van der Waals surface area contributed by atoms with E-state index in [9.17, 15) is 4.79 Å². The Bertz CT molecular complexity index is 1280. The molecule has 0 bridgehead atoms. The van der Waals surface area contributed by atoms with Crippen LogP contribution in [0.2, 0.25) is 0 Å². The number of anilines is 1. The molecule has 0 heterocycles. The molecule has 4 nitrogen and oxygen atoms in total. The van der Waals surface area contributed by atoms with Crippen molar-refractivity contribution in [2.24, 2.45) is 0 Å². The van der Waals surface area contributed by atoms with Crippen LogP contribution >= 0.6 is 11.8 Å². The maximum Gasteiger partial charge on any atom is 0.255 e. The number of carbonyl (C=O) groups excluding carboxylic acids is 1. The van der Waals surface area contributed by atoms with E-state index in [0.717, 1.165) is 37.9 Å². The fourth-order valence-electron chi connectivity index (χ4n) is 3.78. The standard InChI is InChI=1S/C30H29NO3S/c1-4-33-28-15-14-23(19-24(28)20-34-25-17-21(2)16-22(3)18-25)30(32)31-27-12-8-9-13-29(27)35-26-10-6-5-7-11-26/h5-19H,4,20H2,1-3H3,(H,31,32). The van der Waals surface area contributed by atoms with Crippen molar-refractivity contribution < 1.29 is 14.3 Å². The number of benzene rings is 4. The fourth-order valence-corrected chi connectivity index (χ4v) is 4.70. The van der Waals surface area contributed by atoms with Crippen molar-refractivity contribution in [3.63, 3.8) is 0 Å². The summed E-state index contributed by atoms with van der Waals surface area (Å²) < 4.78 is 11.9. The van der Waals surface area contributed by atoms with Crippen LogP contribution in [-0.2, 0) is 6.61 Å². The summed E-state index contributed by atoms with van der Waals surface area (Å²) in [5.41, 5.74) is 4.43. The van der Waals surface area contributed by atoms with Crippen molar-refractivity contribution in [1.82, 2.24) is 0 Å². The molecule has 0 fully saturated rings. The second-order valence-corrected chi connectivity index (χ2v) is 9.35. The number of rotatable bonds is 9.